The van der Waals surface area contributed by atoms with Crippen molar-refractivity contribution in [3.63, 3.8) is 0 Å². The van der Waals surface area contributed by atoms with Gasteiger partial charge in [0.05, 0.1) is 11.9 Å². The number of carbonyl (C=O) groups is 1. The lowest BCUT2D eigenvalue weighted by molar-refractivity contribution is -0.131. The molecular weight excluding hydrogens is 242 g/mol. The maximum Gasteiger partial charge on any atom is 0.223 e. The van der Waals surface area contributed by atoms with Gasteiger partial charge in [0.2, 0.25) is 5.91 Å². The molecule has 0 saturated carbocycles. The molecule has 19 heavy (non-hydrogen) atoms. The molecule has 2 atom stereocenters. The van der Waals surface area contributed by atoms with Gasteiger partial charge >= 0.3 is 0 Å². The van der Waals surface area contributed by atoms with E-state index in [0.29, 0.717) is 25.9 Å². The highest BCUT2D eigenvalue weighted by molar-refractivity contribution is 5.77. The molecule has 0 radical (unpaired) electrons. The second-order valence-corrected chi connectivity index (χ2v) is 5.90. The molecule has 2 rings (SSSR count). The molecule has 0 unspecified atom stereocenters. The maximum atomic E-state index is 12.2. The van der Waals surface area contributed by atoms with Gasteiger partial charge in [-0.3, -0.25) is 4.79 Å². The Hall–Kier alpha value is -1.29. The molecule has 1 amide bonds. The third-order valence-corrected chi connectivity index (χ3v) is 4.31. The summed E-state index contributed by atoms with van der Waals surface area (Å²) in [6.07, 6.45) is 2.68. The summed E-state index contributed by atoms with van der Waals surface area (Å²) in [6.45, 7) is 7.12. The standard InChI is InChI=1S/C15H23NO3/c1-11(2)15(18)10-16(9-12(15)3)14(17)7-6-13-5-4-8-19-13/h4-5,8,11-12,18H,6-7,9-10H2,1-3H3/t12-,15-/m0/s1. The average Bonchev–Trinajstić information content (AvgIpc) is 2.96. The van der Waals surface area contributed by atoms with Gasteiger partial charge in [-0.2, -0.15) is 0 Å². The van der Waals surface area contributed by atoms with Crippen LogP contribution in [0, 0.1) is 11.8 Å². The summed E-state index contributed by atoms with van der Waals surface area (Å²) in [6, 6.07) is 3.71. The van der Waals surface area contributed by atoms with E-state index in [4.69, 9.17) is 4.42 Å². The number of likely N-dealkylation sites (tertiary alicyclic amines) is 1. The first-order valence-corrected chi connectivity index (χ1v) is 6.96. The molecule has 1 fully saturated rings. The molecule has 0 bridgehead atoms. The van der Waals surface area contributed by atoms with Gasteiger partial charge in [0.15, 0.2) is 0 Å². The van der Waals surface area contributed by atoms with Crippen LogP contribution in [0.3, 0.4) is 0 Å². The van der Waals surface area contributed by atoms with Crippen LogP contribution in [0.1, 0.15) is 33.0 Å². The van der Waals surface area contributed by atoms with E-state index >= 15 is 0 Å². The fourth-order valence-electron chi connectivity index (χ4n) is 2.80. The summed E-state index contributed by atoms with van der Waals surface area (Å²) in [4.78, 5) is 14.0. The molecule has 1 saturated heterocycles. The minimum Gasteiger partial charge on any atom is -0.469 e. The van der Waals surface area contributed by atoms with E-state index in [1.807, 2.05) is 32.9 Å². The third-order valence-electron chi connectivity index (χ3n) is 4.31. The zero-order valence-electron chi connectivity index (χ0n) is 11.9. The van der Waals surface area contributed by atoms with Gasteiger partial charge in [-0.1, -0.05) is 20.8 Å². The number of aryl methyl sites for hydroxylation is 1. The van der Waals surface area contributed by atoms with E-state index in [1.54, 1.807) is 11.2 Å². The highest BCUT2D eigenvalue weighted by Gasteiger charge is 2.46. The van der Waals surface area contributed by atoms with Crippen molar-refractivity contribution in [3.05, 3.63) is 24.2 Å². The molecule has 2 heterocycles. The Balaban J connectivity index is 1.91. The van der Waals surface area contributed by atoms with E-state index in [0.717, 1.165) is 5.76 Å². The largest absolute Gasteiger partial charge is 0.469 e. The van der Waals surface area contributed by atoms with Crippen LogP contribution in [-0.2, 0) is 11.2 Å². The molecule has 106 valence electrons. The van der Waals surface area contributed by atoms with Gasteiger partial charge in [0.25, 0.3) is 0 Å². The van der Waals surface area contributed by atoms with Crippen LogP contribution in [-0.4, -0.2) is 34.6 Å². The Kier molecular flexibility index (Phi) is 3.99. The maximum absolute atomic E-state index is 12.2. The predicted octanol–water partition coefficient (Wildman–Crippen LogP) is 2.08. The normalized spacial score (nSPS) is 27.2. The molecule has 4 nitrogen and oxygen atoms in total. The lowest BCUT2D eigenvalue weighted by atomic mass is 9.82. The minimum atomic E-state index is -0.750. The van der Waals surface area contributed by atoms with Crippen LogP contribution in [0.2, 0.25) is 0 Å². The molecule has 0 spiro atoms. The van der Waals surface area contributed by atoms with Gasteiger partial charge in [0.1, 0.15) is 5.76 Å². The first-order chi connectivity index (χ1) is 8.93. The monoisotopic (exact) mass is 265 g/mol. The summed E-state index contributed by atoms with van der Waals surface area (Å²) >= 11 is 0. The zero-order chi connectivity index (χ0) is 14.0. The minimum absolute atomic E-state index is 0.0971. The third kappa shape index (κ3) is 2.84. The molecule has 0 aromatic carbocycles. The topological polar surface area (TPSA) is 53.7 Å². The molecule has 1 N–H and O–H groups in total. The van der Waals surface area contributed by atoms with Crippen molar-refractivity contribution >= 4 is 5.91 Å². The fraction of sp³-hybridized carbons (Fsp3) is 0.667. The molecule has 1 aliphatic rings. The molecule has 1 aromatic heterocycles. The van der Waals surface area contributed by atoms with Crippen LogP contribution < -0.4 is 0 Å². The fourth-order valence-corrected chi connectivity index (χ4v) is 2.80. The van der Waals surface area contributed by atoms with E-state index in [2.05, 4.69) is 0 Å². The number of carbonyl (C=O) groups excluding carboxylic acids is 1. The van der Waals surface area contributed by atoms with Crippen molar-refractivity contribution in [1.29, 1.82) is 0 Å². The van der Waals surface area contributed by atoms with Crippen molar-refractivity contribution in [1.82, 2.24) is 4.90 Å². The van der Waals surface area contributed by atoms with Gasteiger partial charge in [-0.25, -0.2) is 0 Å². The first-order valence-electron chi connectivity index (χ1n) is 6.96. The van der Waals surface area contributed by atoms with Crippen LogP contribution in [0.4, 0.5) is 0 Å². The van der Waals surface area contributed by atoms with Crippen molar-refractivity contribution < 1.29 is 14.3 Å². The molecule has 1 aliphatic heterocycles. The Bertz CT molecular complexity index is 427. The Morgan fingerprint density at radius 3 is 2.89 bits per heavy atom. The van der Waals surface area contributed by atoms with Crippen molar-refractivity contribution in [2.24, 2.45) is 11.8 Å². The van der Waals surface area contributed by atoms with Crippen LogP contribution >= 0.6 is 0 Å². The smallest absolute Gasteiger partial charge is 0.223 e. The van der Waals surface area contributed by atoms with E-state index < -0.39 is 5.60 Å². The predicted molar refractivity (Wildman–Crippen MR) is 72.6 cm³/mol. The van der Waals surface area contributed by atoms with E-state index in [-0.39, 0.29) is 17.7 Å². The van der Waals surface area contributed by atoms with Crippen LogP contribution in [0.15, 0.2) is 22.8 Å². The second-order valence-electron chi connectivity index (χ2n) is 5.90. The Labute approximate surface area is 114 Å². The molecular formula is C15H23NO3. The number of nitrogens with zero attached hydrogens (tertiary/aromatic N) is 1. The summed E-state index contributed by atoms with van der Waals surface area (Å²) in [7, 11) is 0. The Morgan fingerprint density at radius 2 is 2.37 bits per heavy atom. The number of amides is 1. The van der Waals surface area contributed by atoms with Crippen LogP contribution in [0.25, 0.3) is 0 Å². The zero-order valence-corrected chi connectivity index (χ0v) is 11.9. The van der Waals surface area contributed by atoms with Crippen LogP contribution in [0.5, 0.6) is 0 Å². The van der Waals surface area contributed by atoms with Gasteiger partial charge < -0.3 is 14.4 Å². The molecule has 4 heteroatoms. The summed E-state index contributed by atoms with van der Waals surface area (Å²) in [5, 5.41) is 10.6. The number of hydrogen-bond donors (Lipinski definition) is 1. The summed E-state index contributed by atoms with van der Waals surface area (Å²) < 4.78 is 5.23. The molecule has 1 aromatic rings. The lowest BCUT2D eigenvalue weighted by Crippen LogP contribution is -2.43. The van der Waals surface area contributed by atoms with Gasteiger partial charge in [-0.05, 0) is 18.1 Å². The van der Waals surface area contributed by atoms with Gasteiger partial charge in [0, 0.05) is 31.8 Å². The van der Waals surface area contributed by atoms with E-state index in [1.165, 1.54) is 0 Å². The molecule has 0 aliphatic carbocycles. The number of hydrogen-bond acceptors (Lipinski definition) is 3. The SMILES string of the molecule is CC(C)[C@@]1(O)CN(C(=O)CCc2ccco2)C[C@@H]1C. The summed E-state index contributed by atoms with van der Waals surface area (Å²) in [5.41, 5.74) is -0.750. The number of furan rings is 1. The second kappa shape index (κ2) is 5.37. The summed E-state index contributed by atoms with van der Waals surface area (Å²) in [5.74, 6) is 1.21. The average molecular weight is 265 g/mol. The number of aliphatic hydroxyl groups is 1. The van der Waals surface area contributed by atoms with E-state index in [9.17, 15) is 9.90 Å². The van der Waals surface area contributed by atoms with Crippen molar-refractivity contribution in [2.75, 3.05) is 13.1 Å². The quantitative estimate of drug-likeness (QED) is 0.906. The number of rotatable bonds is 4. The first kappa shape index (κ1) is 14.1. The van der Waals surface area contributed by atoms with Crippen molar-refractivity contribution in [3.8, 4) is 0 Å². The Morgan fingerprint density at radius 1 is 1.63 bits per heavy atom. The lowest BCUT2D eigenvalue weighted by Gasteiger charge is -2.31. The number of β-amino-alcohol motifs (C(OH)–C–C–N with tert-alkyl or cyclic N) is 1. The highest BCUT2D eigenvalue weighted by Crippen LogP contribution is 2.34. The highest BCUT2D eigenvalue weighted by atomic mass is 16.3. The van der Waals surface area contributed by atoms with Gasteiger partial charge in [-0.15, -0.1) is 0 Å². The van der Waals surface area contributed by atoms with Crippen molar-refractivity contribution in [2.45, 2.75) is 39.2 Å².